The summed E-state index contributed by atoms with van der Waals surface area (Å²) in [6.45, 7) is 3.05. The van der Waals surface area contributed by atoms with E-state index in [2.05, 4.69) is 29.2 Å². The van der Waals surface area contributed by atoms with Crippen LogP contribution in [0.25, 0.3) is 0 Å². The molecule has 1 atom stereocenters. The number of rotatable bonds is 4. The number of fused-ring (bicyclic) bond motifs is 1. The maximum absolute atomic E-state index is 14.0. The van der Waals surface area contributed by atoms with E-state index < -0.39 is 0 Å². The lowest BCUT2D eigenvalue weighted by molar-refractivity contribution is -0.132. The lowest BCUT2D eigenvalue weighted by Gasteiger charge is -2.37. The number of piperazine rings is 1. The Labute approximate surface area is 160 Å². The Bertz CT molecular complexity index is 817. The molecule has 27 heavy (non-hydrogen) atoms. The van der Waals surface area contributed by atoms with Crippen LogP contribution >= 0.6 is 0 Å². The Morgan fingerprint density at radius 1 is 1.07 bits per heavy atom. The lowest BCUT2D eigenvalue weighted by Crippen LogP contribution is -2.51. The number of amides is 1. The van der Waals surface area contributed by atoms with Gasteiger partial charge in [-0.1, -0.05) is 36.4 Å². The van der Waals surface area contributed by atoms with Gasteiger partial charge in [0.1, 0.15) is 5.82 Å². The van der Waals surface area contributed by atoms with Crippen molar-refractivity contribution in [3.05, 3.63) is 65.5 Å². The third kappa shape index (κ3) is 3.69. The molecule has 0 unspecified atom stereocenters. The molecule has 0 N–H and O–H groups in total. The zero-order valence-electron chi connectivity index (χ0n) is 15.8. The normalized spacial score (nSPS) is 19.4. The number of halogens is 1. The Balaban J connectivity index is 1.33. The minimum atomic E-state index is -0.197. The maximum atomic E-state index is 14.0. The van der Waals surface area contributed by atoms with Crippen LogP contribution in [0, 0.1) is 5.82 Å². The van der Waals surface area contributed by atoms with E-state index in [0.717, 1.165) is 12.8 Å². The molecule has 142 valence electrons. The monoisotopic (exact) mass is 367 g/mol. The maximum Gasteiger partial charge on any atom is 0.236 e. The predicted octanol–water partition coefficient (Wildman–Crippen LogP) is 3.09. The van der Waals surface area contributed by atoms with Gasteiger partial charge in [-0.05, 0) is 43.1 Å². The minimum absolute atomic E-state index is 0.162. The van der Waals surface area contributed by atoms with Crippen LogP contribution in [-0.2, 0) is 11.2 Å². The number of benzene rings is 2. The van der Waals surface area contributed by atoms with Crippen molar-refractivity contribution in [1.29, 1.82) is 0 Å². The van der Waals surface area contributed by atoms with Crippen LogP contribution < -0.4 is 4.90 Å². The molecule has 2 aliphatic rings. The van der Waals surface area contributed by atoms with Crippen LogP contribution in [0.4, 0.5) is 10.1 Å². The molecule has 0 aromatic heterocycles. The average molecular weight is 367 g/mol. The van der Waals surface area contributed by atoms with E-state index in [-0.39, 0.29) is 11.7 Å². The van der Waals surface area contributed by atoms with Gasteiger partial charge >= 0.3 is 0 Å². The molecule has 0 spiro atoms. The molecule has 1 fully saturated rings. The minimum Gasteiger partial charge on any atom is -0.366 e. The second kappa shape index (κ2) is 7.69. The second-order valence-electron chi connectivity index (χ2n) is 7.49. The first kappa shape index (κ1) is 18.0. The van der Waals surface area contributed by atoms with E-state index in [1.165, 1.54) is 17.2 Å². The highest BCUT2D eigenvalue weighted by molar-refractivity contribution is 5.78. The van der Waals surface area contributed by atoms with Crippen LogP contribution in [0.1, 0.15) is 23.6 Å². The molecule has 1 amide bonds. The van der Waals surface area contributed by atoms with Gasteiger partial charge in [-0.15, -0.1) is 0 Å². The number of hydrogen-bond donors (Lipinski definition) is 0. The largest absolute Gasteiger partial charge is 0.366 e. The van der Waals surface area contributed by atoms with Gasteiger partial charge in [0.05, 0.1) is 12.2 Å². The fourth-order valence-corrected chi connectivity index (χ4v) is 4.32. The zero-order valence-corrected chi connectivity index (χ0v) is 15.8. The molecule has 0 radical (unpaired) electrons. The van der Waals surface area contributed by atoms with Gasteiger partial charge < -0.3 is 9.80 Å². The quantitative estimate of drug-likeness (QED) is 0.831. The van der Waals surface area contributed by atoms with Crippen LogP contribution in [0.2, 0.25) is 0 Å². The molecule has 1 saturated heterocycles. The summed E-state index contributed by atoms with van der Waals surface area (Å²) < 4.78 is 14.0. The van der Waals surface area contributed by atoms with Crippen molar-refractivity contribution in [2.24, 2.45) is 0 Å². The fourth-order valence-electron chi connectivity index (χ4n) is 4.32. The highest BCUT2D eigenvalue weighted by Crippen LogP contribution is 2.34. The van der Waals surface area contributed by atoms with E-state index >= 15 is 0 Å². The second-order valence-corrected chi connectivity index (χ2v) is 7.49. The van der Waals surface area contributed by atoms with Crippen molar-refractivity contribution in [2.75, 3.05) is 44.7 Å². The van der Waals surface area contributed by atoms with Crippen molar-refractivity contribution in [1.82, 2.24) is 9.80 Å². The molecule has 4 rings (SSSR count). The van der Waals surface area contributed by atoms with Crippen molar-refractivity contribution >= 4 is 11.6 Å². The molecule has 2 aromatic carbocycles. The third-order valence-electron chi connectivity index (χ3n) is 5.84. The topological polar surface area (TPSA) is 26.8 Å². The lowest BCUT2D eigenvalue weighted by atomic mass is 10.1. The Morgan fingerprint density at radius 3 is 2.56 bits per heavy atom. The fraction of sp³-hybridized carbons (Fsp3) is 0.409. The first-order valence-electron chi connectivity index (χ1n) is 9.69. The van der Waals surface area contributed by atoms with Crippen LogP contribution in [0.3, 0.4) is 0 Å². The van der Waals surface area contributed by atoms with E-state index in [9.17, 15) is 9.18 Å². The van der Waals surface area contributed by atoms with E-state index in [1.54, 1.807) is 12.1 Å². The molecule has 1 aliphatic heterocycles. The van der Waals surface area contributed by atoms with Gasteiger partial charge in [0.15, 0.2) is 0 Å². The highest BCUT2D eigenvalue weighted by Gasteiger charge is 2.29. The first-order valence-corrected chi connectivity index (χ1v) is 9.69. The Hall–Kier alpha value is -2.40. The van der Waals surface area contributed by atoms with Gasteiger partial charge in [-0.2, -0.15) is 0 Å². The van der Waals surface area contributed by atoms with Gasteiger partial charge in [-0.25, -0.2) is 4.39 Å². The molecule has 5 heteroatoms. The number of carbonyl (C=O) groups is 1. The molecule has 1 heterocycles. The van der Waals surface area contributed by atoms with Gasteiger partial charge in [0.25, 0.3) is 0 Å². The summed E-state index contributed by atoms with van der Waals surface area (Å²) in [7, 11) is 2.04. The van der Waals surface area contributed by atoms with Crippen molar-refractivity contribution in [2.45, 2.75) is 18.9 Å². The Morgan fingerprint density at radius 2 is 1.78 bits per heavy atom. The summed E-state index contributed by atoms with van der Waals surface area (Å²) in [5, 5.41) is 0. The number of likely N-dealkylation sites (N-methyl/N-ethyl adjacent to an activating group) is 1. The van der Waals surface area contributed by atoms with E-state index in [1.807, 2.05) is 22.9 Å². The smallest absolute Gasteiger partial charge is 0.236 e. The zero-order chi connectivity index (χ0) is 18.8. The predicted molar refractivity (Wildman–Crippen MR) is 105 cm³/mol. The molecule has 4 nitrogen and oxygen atoms in total. The summed E-state index contributed by atoms with van der Waals surface area (Å²) in [5.74, 6) is -0.0352. The van der Waals surface area contributed by atoms with E-state index in [4.69, 9.17) is 0 Å². The molecular weight excluding hydrogens is 341 g/mol. The number of carbonyl (C=O) groups excluding carboxylic acids is 1. The number of anilines is 1. The van der Waals surface area contributed by atoms with Crippen molar-refractivity contribution in [3.63, 3.8) is 0 Å². The highest BCUT2D eigenvalue weighted by atomic mass is 19.1. The van der Waals surface area contributed by atoms with Crippen LogP contribution in [0.5, 0.6) is 0 Å². The molecule has 0 bridgehead atoms. The van der Waals surface area contributed by atoms with Crippen molar-refractivity contribution in [3.8, 4) is 0 Å². The Kier molecular flexibility index (Phi) is 5.12. The number of nitrogens with zero attached hydrogens (tertiary/aromatic N) is 3. The average Bonchev–Trinajstić information content (AvgIpc) is 3.13. The van der Waals surface area contributed by atoms with Crippen LogP contribution in [-0.4, -0.2) is 55.5 Å². The summed E-state index contributed by atoms with van der Waals surface area (Å²) in [4.78, 5) is 18.9. The van der Waals surface area contributed by atoms with Gasteiger partial charge in [0, 0.05) is 32.2 Å². The number of hydrogen-bond acceptors (Lipinski definition) is 3. The SMILES string of the molecule is CN(CC(=O)N1CCN(c2ccccc2F)CC1)[C@@H]1CCc2ccccc21. The standard InChI is InChI=1S/C22H26FN3O/c1-24(20-11-10-17-6-2-3-7-18(17)20)16-22(27)26-14-12-25(13-15-26)21-9-5-4-8-19(21)23/h2-9,20H,10-16H2,1H3/t20-/m1/s1. The summed E-state index contributed by atoms with van der Waals surface area (Å²) in [6, 6.07) is 15.7. The summed E-state index contributed by atoms with van der Waals surface area (Å²) in [6.07, 6.45) is 2.16. The van der Waals surface area contributed by atoms with Gasteiger partial charge in [-0.3, -0.25) is 9.69 Å². The number of aryl methyl sites for hydroxylation is 1. The molecule has 1 aliphatic carbocycles. The van der Waals surface area contributed by atoms with Gasteiger partial charge in [0.2, 0.25) is 5.91 Å². The van der Waals surface area contributed by atoms with Crippen molar-refractivity contribution < 1.29 is 9.18 Å². The molecule has 0 saturated carbocycles. The summed E-state index contributed by atoms with van der Waals surface area (Å²) >= 11 is 0. The summed E-state index contributed by atoms with van der Waals surface area (Å²) in [5.41, 5.74) is 3.39. The number of para-hydroxylation sites is 1. The first-order chi connectivity index (χ1) is 13.1. The molecule has 2 aromatic rings. The van der Waals surface area contributed by atoms with Crippen LogP contribution in [0.15, 0.2) is 48.5 Å². The molecular formula is C22H26FN3O. The van der Waals surface area contributed by atoms with E-state index in [0.29, 0.717) is 44.5 Å². The third-order valence-corrected chi connectivity index (χ3v) is 5.84.